The first-order valence-electron chi connectivity index (χ1n) is 10.8. The number of nitriles is 1. The van der Waals surface area contributed by atoms with Gasteiger partial charge in [0.15, 0.2) is 5.11 Å². The molecule has 0 radical (unpaired) electrons. The van der Waals surface area contributed by atoms with E-state index in [4.69, 9.17) is 17.5 Å². The molecule has 1 amide bonds. The number of benzene rings is 1. The number of rotatable bonds is 5. The van der Waals surface area contributed by atoms with E-state index < -0.39 is 30.9 Å². The second-order valence-corrected chi connectivity index (χ2v) is 16.5. The summed E-state index contributed by atoms with van der Waals surface area (Å²) < 4.78 is 49.7. The Hall–Kier alpha value is -0.390. The van der Waals surface area contributed by atoms with Crippen LogP contribution in [0.15, 0.2) is 18.2 Å². The van der Waals surface area contributed by atoms with Crippen molar-refractivity contribution in [1.29, 1.82) is 5.26 Å². The number of nitrogens with zero attached hydrogens (tertiary/aromatic N) is 3. The van der Waals surface area contributed by atoms with Gasteiger partial charge in [-0.15, -0.1) is 0 Å². The third kappa shape index (κ3) is 7.57. The topological polar surface area (TPSA) is 70.4 Å². The molecule has 1 aromatic carbocycles. The van der Waals surface area contributed by atoms with Crippen LogP contribution in [0, 0.1) is 17.2 Å². The van der Waals surface area contributed by atoms with Crippen molar-refractivity contribution in [2.24, 2.45) is 5.92 Å². The lowest BCUT2D eigenvalue weighted by molar-refractivity contribution is -0.137. The predicted molar refractivity (Wildman–Crippen MR) is 147 cm³/mol. The van der Waals surface area contributed by atoms with Crippen molar-refractivity contribution in [2.45, 2.75) is 70.1 Å². The number of anilines is 1. The Kier molecular flexibility index (Phi) is 11.4. The molecule has 1 heterocycles. The lowest BCUT2D eigenvalue weighted by atomic mass is 9.82. The first-order chi connectivity index (χ1) is 16.2. The van der Waals surface area contributed by atoms with Crippen molar-refractivity contribution in [3.05, 3.63) is 29.3 Å². The molecule has 1 saturated heterocycles. The van der Waals surface area contributed by atoms with Gasteiger partial charge in [0.1, 0.15) is 13.6 Å². The summed E-state index contributed by atoms with van der Waals surface area (Å²) in [6.45, 7) is 3.54. The maximum Gasteiger partial charge on any atom is 0.417 e. The number of thiocarbonyl (C=S) groups is 1. The highest BCUT2D eigenvalue weighted by Gasteiger charge is 2.52. The molecule has 3 rings (SSSR count). The van der Waals surface area contributed by atoms with Crippen LogP contribution in [-0.2, 0) is 19.0 Å². The molecule has 1 aliphatic carbocycles. The molecule has 0 aromatic heterocycles. The third-order valence-corrected chi connectivity index (χ3v) is 7.28. The molecular weight excluding hydrogens is 699 g/mol. The van der Waals surface area contributed by atoms with E-state index in [0.717, 1.165) is 49.6 Å². The van der Waals surface area contributed by atoms with Gasteiger partial charge in [0, 0.05) is 11.4 Å². The lowest BCUT2D eigenvalue weighted by Gasteiger charge is -2.41. The van der Waals surface area contributed by atoms with Crippen molar-refractivity contribution >= 4 is 82.5 Å². The molecule has 0 unspecified atom stereocenters. The first kappa shape index (κ1) is 30.8. The second kappa shape index (κ2) is 12.9. The number of carbonyl (C=O) groups excluding carboxylic acids is 1. The standard InChI is InChI=1S/C22H25BrF3N3OS.Br2OS/c1-21(2)19(30)28(17-10-7-15(13-27)18(12-17)22(24,25)26)20(31)29(21)16-8-5-14(6-9-16)4-3-11-23;1-4(2)3/h7,10,12,14,16H,3-6,8-9,11H2,1-2H3;/t14-,16-;. The Balaban J connectivity index is 0.00000100. The van der Waals surface area contributed by atoms with Crippen LogP contribution < -0.4 is 4.90 Å². The lowest BCUT2D eigenvalue weighted by Crippen LogP contribution is -2.51. The van der Waals surface area contributed by atoms with Crippen molar-refractivity contribution in [2.75, 3.05) is 10.2 Å². The molecule has 0 atom stereocenters. The van der Waals surface area contributed by atoms with Crippen LogP contribution in [0.4, 0.5) is 18.9 Å². The molecule has 0 spiro atoms. The number of amides is 1. The van der Waals surface area contributed by atoms with Gasteiger partial charge in [-0.3, -0.25) is 9.69 Å². The number of carbonyl (C=O) groups is 1. The molecule has 194 valence electrons. The molecule has 13 heteroatoms. The number of alkyl halides is 4. The number of hydrogen-bond donors (Lipinski definition) is 0. The van der Waals surface area contributed by atoms with Gasteiger partial charge in [0.2, 0.25) is 29.6 Å². The first-order valence-corrected chi connectivity index (χ1v) is 17.2. The van der Waals surface area contributed by atoms with E-state index in [-0.39, 0.29) is 22.7 Å². The van der Waals surface area contributed by atoms with E-state index in [1.54, 1.807) is 19.9 Å². The normalized spacial score (nSPS) is 22.2. The summed E-state index contributed by atoms with van der Waals surface area (Å²) in [7, 11) is -0.986. The SMILES string of the molecule is CC1(C)C(=O)N(c2ccc(C#N)c(C(F)(F)F)c2)C(=S)N1[C@H]1CC[C@H](CCCBr)CC1.[O-][S+](Br)Br. The van der Waals surface area contributed by atoms with Crippen LogP contribution >= 0.6 is 57.8 Å². The van der Waals surface area contributed by atoms with E-state index in [9.17, 15) is 22.5 Å². The van der Waals surface area contributed by atoms with Crippen LogP contribution in [0.2, 0.25) is 0 Å². The Labute approximate surface area is 235 Å². The predicted octanol–water partition coefficient (Wildman–Crippen LogP) is 7.38. The molecule has 1 saturated carbocycles. The summed E-state index contributed by atoms with van der Waals surface area (Å²) >= 11 is 14.4. The van der Waals surface area contributed by atoms with Crippen molar-refractivity contribution in [3.8, 4) is 6.07 Å². The largest absolute Gasteiger partial charge is 0.596 e. The number of hydrogen-bond acceptors (Lipinski definition) is 4. The quantitative estimate of drug-likeness (QED) is 0.180. The number of halogens is 6. The monoisotopic (exact) mass is 721 g/mol. The van der Waals surface area contributed by atoms with Crippen LogP contribution in [0.1, 0.15) is 63.5 Å². The Morgan fingerprint density at radius 2 is 1.83 bits per heavy atom. The zero-order chi connectivity index (χ0) is 26.6. The minimum atomic E-state index is -4.70. The average molecular weight is 724 g/mol. The van der Waals surface area contributed by atoms with E-state index in [2.05, 4.69) is 45.6 Å². The molecular formula is C22H25Br3F3N3O2S2. The van der Waals surface area contributed by atoms with E-state index >= 15 is 0 Å². The maximum atomic E-state index is 13.4. The molecule has 35 heavy (non-hydrogen) atoms. The molecule has 2 aliphatic rings. The van der Waals surface area contributed by atoms with Crippen molar-refractivity contribution in [3.63, 3.8) is 0 Å². The molecule has 0 bridgehead atoms. The van der Waals surface area contributed by atoms with Gasteiger partial charge in [-0.1, -0.05) is 15.9 Å². The molecule has 2 fully saturated rings. The van der Waals surface area contributed by atoms with E-state index in [1.165, 1.54) is 17.4 Å². The molecule has 0 N–H and O–H groups in total. The summed E-state index contributed by atoms with van der Waals surface area (Å²) in [5.41, 5.74) is -2.45. The van der Waals surface area contributed by atoms with E-state index in [1.807, 2.05) is 4.90 Å². The highest BCUT2D eigenvalue weighted by molar-refractivity contribution is 9.79. The minimum Gasteiger partial charge on any atom is -0.596 e. The average Bonchev–Trinajstić information content (AvgIpc) is 2.95. The van der Waals surface area contributed by atoms with Gasteiger partial charge in [-0.05, 0) is 88.7 Å². The van der Waals surface area contributed by atoms with Crippen LogP contribution in [0.3, 0.4) is 0 Å². The Bertz CT molecular complexity index is 963. The van der Waals surface area contributed by atoms with Crippen molar-refractivity contribution < 1.29 is 22.5 Å². The third-order valence-electron chi connectivity index (χ3n) is 6.34. The van der Waals surface area contributed by atoms with Crippen LogP contribution in [0.5, 0.6) is 0 Å². The molecule has 1 aromatic rings. The summed E-state index contributed by atoms with van der Waals surface area (Å²) in [6, 6.07) is 4.95. The summed E-state index contributed by atoms with van der Waals surface area (Å²) in [5, 5.41) is 10.3. The highest BCUT2D eigenvalue weighted by Crippen LogP contribution is 2.41. The molecule has 1 aliphatic heterocycles. The van der Waals surface area contributed by atoms with Gasteiger partial charge in [-0.25, -0.2) is 0 Å². The van der Waals surface area contributed by atoms with Gasteiger partial charge in [-0.2, -0.15) is 18.4 Å². The summed E-state index contributed by atoms with van der Waals surface area (Å²) in [5.74, 6) is 0.310. The summed E-state index contributed by atoms with van der Waals surface area (Å²) in [4.78, 5) is 16.4. The van der Waals surface area contributed by atoms with E-state index in [0.29, 0.717) is 5.92 Å². The van der Waals surface area contributed by atoms with Gasteiger partial charge < -0.3 is 9.45 Å². The van der Waals surface area contributed by atoms with Gasteiger partial charge in [0.05, 0.1) is 22.9 Å². The zero-order valence-electron chi connectivity index (χ0n) is 19.1. The zero-order valence-corrected chi connectivity index (χ0v) is 25.5. The fraction of sp³-hybridized carbons (Fsp3) is 0.591. The van der Waals surface area contributed by atoms with Gasteiger partial charge in [0.25, 0.3) is 5.91 Å². The van der Waals surface area contributed by atoms with Gasteiger partial charge >= 0.3 is 6.18 Å². The Morgan fingerprint density at radius 1 is 1.26 bits per heavy atom. The fourth-order valence-electron chi connectivity index (χ4n) is 4.71. The maximum absolute atomic E-state index is 13.4. The smallest absolute Gasteiger partial charge is 0.417 e. The fourth-order valence-corrected chi connectivity index (χ4v) is 5.60. The summed E-state index contributed by atoms with van der Waals surface area (Å²) in [6.07, 6.45) is 1.51. The minimum absolute atomic E-state index is 0.0444. The highest BCUT2D eigenvalue weighted by atomic mass is 79.9. The Morgan fingerprint density at radius 3 is 2.31 bits per heavy atom. The molecule has 5 nitrogen and oxygen atoms in total. The van der Waals surface area contributed by atoms with Crippen LogP contribution in [0.25, 0.3) is 0 Å². The second-order valence-electron chi connectivity index (χ2n) is 8.88. The van der Waals surface area contributed by atoms with Crippen molar-refractivity contribution in [1.82, 2.24) is 4.90 Å². The van der Waals surface area contributed by atoms with Crippen LogP contribution in [-0.4, -0.2) is 37.4 Å².